The first kappa shape index (κ1) is 24.2. The van der Waals surface area contributed by atoms with Crippen LogP contribution < -0.4 is 21.3 Å². The van der Waals surface area contributed by atoms with E-state index in [-0.39, 0.29) is 17.8 Å². The second-order valence-electron chi connectivity index (χ2n) is 8.02. The summed E-state index contributed by atoms with van der Waals surface area (Å²) in [6, 6.07) is 14.9. The van der Waals surface area contributed by atoms with Crippen molar-refractivity contribution in [2.24, 2.45) is 5.73 Å². The molecule has 0 bridgehead atoms. The molecular formula is C24H25FN8O. The second-order valence-corrected chi connectivity index (χ2v) is 8.02. The molecule has 1 fully saturated rings. The van der Waals surface area contributed by atoms with Crippen molar-refractivity contribution in [3.63, 3.8) is 0 Å². The van der Waals surface area contributed by atoms with E-state index in [1.165, 1.54) is 30.5 Å². The van der Waals surface area contributed by atoms with Crippen molar-refractivity contribution in [2.75, 3.05) is 23.3 Å². The Labute approximate surface area is 197 Å². The van der Waals surface area contributed by atoms with E-state index in [9.17, 15) is 14.4 Å². The third kappa shape index (κ3) is 6.08. The predicted octanol–water partition coefficient (Wildman–Crippen LogP) is 2.78. The summed E-state index contributed by atoms with van der Waals surface area (Å²) in [5, 5.41) is 32.8. The Balaban J connectivity index is 1.76. The molecule has 1 atom stereocenters. The molecule has 0 radical (unpaired) electrons. The average Bonchev–Trinajstić information content (AvgIpc) is 3.04. The van der Waals surface area contributed by atoms with Crippen LogP contribution in [0, 0.1) is 33.9 Å². The normalized spacial score (nSPS) is 18.2. The van der Waals surface area contributed by atoms with Gasteiger partial charge in [-0.1, -0.05) is 6.07 Å². The minimum absolute atomic E-state index is 0.0915. The SMILES string of the molecule is N#CCC1(N/C=C(\C(=N)Nc2ccc(F)cc2)C(N)=O)CCCN(c2cccc(C#N)n2)CC1. The van der Waals surface area contributed by atoms with Crippen LogP contribution in [-0.2, 0) is 4.79 Å². The van der Waals surface area contributed by atoms with E-state index < -0.39 is 17.3 Å². The van der Waals surface area contributed by atoms with E-state index in [2.05, 4.69) is 26.6 Å². The summed E-state index contributed by atoms with van der Waals surface area (Å²) in [5.41, 5.74) is 5.56. The minimum Gasteiger partial charge on any atom is -0.384 e. The minimum atomic E-state index is -0.813. The number of hydrogen-bond acceptors (Lipinski definition) is 7. The molecular weight excluding hydrogens is 435 g/mol. The second kappa shape index (κ2) is 10.9. The van der Waals surface area contributed by atoms with E-state index in [4.69, 9.17) is 16.4 Å². The van der Waals surface area contributed by atoms with Gasteiger partial charge in [0.25, 0.3) is 5.91 Å². The third-order valence-electron chi connectivity index (χ3n) is 5.71. The van der Waals surface area contributed by atoms with Crippen LogP contribution in [0.5, 0.6) is 0 Å². The van der Waals surface area contributed by atoms with E-state index in [1.807, 2.05) is 12.1 Å². The number of nitrogens with zero attached hydrogens (tertiary/aromatic N) is 4. The maximum absolute atomic E-state index is 13.1. The fourth-order valence-electron chi connectivity index (χ4n) is 3.84. The number of amidine groups is 1. The topological polar surface area (TPSA) is 155 Å². The molecule has 1 aliphatic rings. The molecule has 9 nitrogen and oxygen atoms in total. The lowest BCUT2D eigenvalue weighted by Gasteiger charge is -2.31. The van der Waals surface area contributed by atoms with Gasteiger partial charge in [-0.15, -0.1) is 0 Å². The van der Waals surface area contributed by atoms with E-state index in [1.54, 1.807) is 12.1 Å². The van der Waals surface area contributed by atoms with E-state index in [0.717, 1.165) is 6.42 Å². The maximum atomic E-state index is 13.1. The number of nitriles is 2. The molecule has 1 aromatic carbocycles. The zero-order valence-corrected chi connectivity index (χ0v) is 18.5. The Kier molecular flexibility index (Phi) is 7.78. The van der Waals surface area contributed by atoms with Gasteiger partial charge in [-0.25, -0.2) is 9.37 Å². The van der Waals surface area contributed by atoms with E-state index >= 15 is 0 Å². The largest absolute Gasteiger partial charge is 0.384 e. The molecule has 1 saturated heterocycles. The van der Waals surface area contributed by atoms with Crippen LogP contribution in [0.2, 0.25) is 0 Å². The Hall–Kier alpha value is -4.44. The molecule has 2 aromatic rings. The lowest BCUT2D eigenvalue weighted by Crippen LogP contribution is -2.44. The number of hydrogen-bond donors (Lipinski definition) is 4. The van der Waals surface area contributed by atoms with Crippen LogP contribution in [0.3, 0.4) is 0 Å². The first-order valence-electron chi connectivity index (χ1n) is 10.7. The number of carbonyl (C=O) groups excluding carboxylic acids is 1. The summed E-state index contributed by atoms with van der Waals surface area (Å²) in [5.74, 6) is -0.774. The number of aromatic nitrogens is 1. The summed E-state index contributed by atoms with van der Waals surface area (Å²) in [7, 11) is 0. The molecule has 0 spiro atoms. The van der Waals surface area contributed by atoms with Crippen molar-refractivity contribution >= 4 is 23.2 Å². The summed E-state index contributed by atoms with van der Waals surface area (Å²) in [6.45, 7) is 1.28. The summed E-state index contributed by atoms with van der Waals surface area (Å²) in [6.07, 6.45) is 3.53. The number of amides is 1. The number of anilines is 2. The molecule has 1 aliphatic heterocycles. The molecule has 174 valence electrons. The molecule has 0 saturated carbocycles. The summed E-state index contributed by atoms with van der Waals surface area (Å²) in [4.78, 5) is 18.5. The number of benzene rings is 1. The molecule has 1 unspecified atom stereocenters. The van der Waals surface area contributed by atoms with Crippen molar-refractivity contribution < 1.29 is 9.18 Å². The van der Waals surface area contributed by atoms with Gasteiger partial charge in [0.05, 0.1) is 23.6 Å². The van der Waals surface area contributed by atoms with Crippen molar-refractivity contribution in [3.05, 3.63) is 65.7 Å². The zero-order chi connectivity index (χ0) is 24.6. The summed E-state index contributed by atoms with van der Waals surface area (Å²) < 4.78 is 13.1. The van der Waals surface area contributed by atoms with Gasteiger partial charge < -0.3 is 21.3 Å². The molecule has 10 heteroatoms. The van der Waals surface area contributed by atoms with Crippen molar-refractivity contribution in [2.45, 2.75) is 31.2 Å². The number of carbonyl (C=O) groups is 1. The standard InChI is InChI=1S/C24H25FN8O/c25-17-5-7-18(8-6-17)32-22(28)20(23(29)34)16-30-24(10-12-26)9-2-13-33(14-11-24)21-4-1-3-19(15-27)31-21/h1,3-8,16,30H,2,9-11,13-14H2,(H2,28,32)(H2,29,34)/b20-16+. The van der Waals surface area contributed by atoms with Gasteiger partial charge in [0, 0.05) is 25.0 Å². The van der Waals surface area contributed by atoms with Crippen LogP contribution in [0.4, 0.5) is 15.9 Å². The number of pyridine rings is 1. The predicted molar refractivity (Wildman–Crippen MR) is 126 cm³/mol. The lowest BCUT2D eigenvalue weighted by molar-refractivity contribution is -0.114. The number of primary amides is 1. The van der Waals surface area contributed by atoms with Gasteiger partial charge in [-0.05, 0) is 55.7 Å². The van der Waals surface area contributed by atoms with Crippen molar-refractivity contribution in [1.29, 1.82) is 15.9 Å². The molecule has 1 aromatic heterocycles. The monoisotopic (exact) mass is 460 g/mol. The smallest absolute Gasteiger partial charge is 0.253 e. The highest BCUT2D eigenvalue weighted by Gasteiger charge is 2.32. The van der Waals surface area contributed by atoms with Gasteiger partial charge in [0.15, 0.2) is 0 Å². The number of nitrogens with two attached hydrogens (primary N) is 1. The number of halogens is 1. The quantitative estimate of drug-likeness (QED) is 0.281. The van der Waals surface area contributed by atoms with Gasteiger partial charge in [0.2, 0.25) is 0 Å². The van der Waals surface area contributed by atoms with Crippen molar-refractivity contribution in [1.82, 2.24) is 10.3 Å². The molecule has 5 N–H and O–H groups in total. The van der Waals surface area contributed by atoms with Crippen LogP contribution in [0.15, 0.2) is 54.2 Å². The van der Waals surface area contributed by atoms with Crippen LogP contribution in [-0.4, -0.2) is 35.4 Å². The molecule has 2 heterocycles. The highest BCUT2D eigenvalue weighted by atomic mass is 19.1. The summed E-state index contributed by atoms with van der Waals surface area (Å²) >= 11 is 0. The van der Waals surface area contributed by atoms with Gasteiger partial charge in [-0.2, -0.15) is 10.5 Å². The Morgan fingerprint density at radius 1 is 1.24 bits per heavy atom. The number of rotatable bonds is 7. The highest BCUT2D eigenvalue weighted by molar-refractivity contribution is 6.23. The van der Waals surface area contributed by atoms with E-state index in [0.29, 0.717) is 43.1 Å². The molecule has 3 rings (SSSR count). The average molecular weight is 461 g/mol. The van der Waals surface area contributed by atoms with Gasteiger partial charge >= 0.3 is 0 Å². The number of nitrogens with one attached hydrogen (secondary N) is 3. The molecule has 34 heavy (non-hydrogen) atoms. The van der Waals surface area contributed by atoms with Gasteiger partial charge in [-0.3, -0.25) is 10.2 Å². The fourth-order valence-corrected chi connectivity index (χ4v) is 3.84. The van der Waals surface area contributed by atoms with Crippen LogP contribution >= 0.6 is 0 Å². The first-order chi connectivity index (χ1) is 16.4. The van der Waals surface area contributed by atoms with Crippen molar-refractivity contribution in [3.8, 4) is 12.1 Å². The Morgan fingerprint density at radius 3 is 2.68 bits per heavy atom. The molecule has 1 amide bonds. The lowest BCUT2D eigenvalue weighted by atomic mass is 9.87. The maximum Gasteiger partial charge on any atom is 0.253 e. The van der Waals surface area contributed by atoms with Crippen LogP contribution in [0.25, 0.3) is 0 Å². The highest BCUT2D eigenvalue weighted by Crippen LogP contribution is 2.28. The molecule has 0 aliphatic carbocycles. The zero-order valence-electron chi connectivity index (χ0n) is 18.5. The Morgan fingerprint density at radius 2 is 2.00 bits per heavy atom. The van der Waals surface area contributed by atoms with Crippen LogP contribution in [0.1, 0.15) is 31.4 Å². The first-order valence-corrected chi connectivity index (χ1v) is 10.7. The Bertz CT molecular complexity index is 1160. The van der Waals surface area contributed by atoms with Gasteiger partial charge in [0.1, 0.15) is 29.2 Å². The fraction of sp³-hybridized carbons (Fsp3) is 0.292. The third-order valence-corrected chi connectivity index (χ3v) is 5.71.